The lowest BCUT2D eigenvalue weighted by molar-refractivity contribution is -0.0877. The highest BCUT2D eigenvalue weighted by molar-refractivity contribution is 5.22. The molecule has 68 valence electrons. The molecule has 4 heteroatoms. The highest BCUT2D eigenvalue weighted by atomic mass is 16.5. The Morgan fingerprint density at radius 3 is 2.58 bits per heavy atom. The molecule has 1 atom stereocenters. The van der Waals surface area contributed by atoms with Gasteiger partial charge in [0.2, 0.25) is 0 Å². The summed E-state index contributed by atoms with van der Waals surface area (Å²) >= 11 is 0. The Morgan fingerprint density at radius 1 is 1.50 bits per heavy atom. The van der Waals surface area contributed by atoms with Gasteiger partial charge < -0.3 is 20.4 Å². The van der Waals surface area contributed by atoms with Crippen LogP contribution in [-0.2, 0) is 0 Å². The molecule has 4 N–H and O–H groups in total. The van der Waals surface area contributed by atoms with E-state index in [0.717, 1.165) is 0 Å². The van der Waals surface area contributed by atoms with Crippen LogP contribution in [0.5, 0.6) is 0 Å². The maximum atomic E-state index is 9.60. The van der Waals surface area contributed by atoms with Crippen LogP contribution in [0, 0.1) is 0 Å². The summed E-state index contributed by atoms with van der Waals surface area (Å²) in [6, 6.07) is 0. The summed E-state index contributed by atoms with van der Waals surface area (Å²) in [7, 11) is 0. The third-order valence-corrected chi connectivity index (χ3v) is 1.77. The largest absolute Gasteiger partial charge is 0.508 e. The maximum absolute atomic E-state index is 9.60. The van der Waals surface area contributed by atoms with Gasteiger partial charge in [-0.05, 0) is 18.2 Å². The number of rotatable bonds is 2. The van der Waals surface area contributed by atoms with Crippen LogP contribution >= 0.6 is 0 Å². The summed E-state index contributed by atoms with van der Waals surface area (Å²) < 4.78 is 0. The number of hydrogen-bond acceptors (Lipinski definition) is 4. The summed E-state index contributed by atoms with van der Waals surface area (Å²) in [5.74, 6) is 0.0899. The molecular weight excluding hydrogens is 160 g/mol. The molecule has 0 aliphatic heterocycles. The van der Waals surface area contributed by atoms with Gasteiger partial charge in [-0.1, -0.05) is 0 Å². The van der Waals surface area contributed by atoms with Crippen LogP contribution < -0.4 is 0 Å². The van der Waals surface area contributed by atoms with Crippen molar-refractivity contribution in [3.8, 4) is 0 Å². The Labute approximate surface area is 70.1 Å². The number of allylic oxidation sites excluding steroid dienone is 1. The van der Waals surface area contributed by atoms with E-state index in [0.29, 0.717) is 0 Å². The number of hydrogen-bond donors (Lipinski definition) is 4. The highest BCUT2D eigenvalue weighted by Crippen LogP contribution is 2.24. The molecule has 0 saturated carbocycles. The zero-order chi connectivity index (χ0) is 9.19. The Kier molecular flexibility index (Phi) is 2.52. The van der Waals surface area contributed by atoms with Gasteiger partial charge in [0.05, 0.1) is 5.60 Å². The molecule has 0 aromatic rings. The molecule has 0 fully saturated rings. The van der Waals surface area contributed by atoms with Crippen LogP contribution in [0.3, 0.4) is 0 Å². The molecule has 12 heavy (non-hydrogen) atoms. The molecule has 0 spiro atoms. The topological polar surface area (TPSA) is 80.9 Å². The predicted octanol–water partition coefficient (Wildman–Crippen LogP) is -0.180. The highest BCUT2D eigenvalue weighted by Gasteiger charge is 2.27. The molecule has 1 rings (SSSR count). The van der Waals surface area contributed by atoms with Crippen molar-refractivity contribution in [3.05, 3.63) is 24.0 Å². The van der Waals surface area contributed by atoms with Crippen molar-refractivity contribution in [1.82, 2.24) is 0 Å². The van der Waals surface area contributed by atoms with Crippen molar-refractivity contribution >= 4 is 0 Å². The van der Waals surface area contributed by atoms with Crippen LogP contribution in [0.4, 0.5) is 0 Å². The summed E-state index contributed by atoms with van der Waals surface area (Å²) in [4.78, 5) is 0. The molecule has 1 aliphatic carbocycles. The standard InChI is InChI=1S/C8H12O4/c9-6-1-3-8(12,4-2-6)5-7(10)11/h1-3,7,9-12H,4-5H2. The second kappa shape index (κ2) is 3.26. The average molecular weight is 172 g/mol. The average Bonchev–Trinajstić information content (AvgIpc) is 1.94. The first-order chi connectivity index (χ1) is 5.52. The van der Waals surface area contributed by atoms with Crippen molar-refractivity contribution in [1.29, 1.82) is 0 Å². The van der Waals surface area contributed by atoms with Gasteiger partial charge in [-0.3, -0.25) is 0 Å². The van der Waals surface area contributed by atoms with Gasteiger partial charge in [-0.15, -0.1) is 0 Å². The van der Waals surface area contributed by atoms with Crippen LogP contribution in [0.1, 0.15) is 12.8 Å². The molecule has 4 nitrogen and oxygen atoms in total. The van der Waals surface area contributed by atoms with E-state index in [2.05, 4.69) is 0 Å². The Morgan fingerprint density at radius 2 is 2.17 bits per heavy atom. The fourth-order valence-electron chi connectivity index (χ4n) is 1.13. The van der Waals surface area contributed by atoms with Crippen molar-refractivity contribution in [2.45, 2.75) is 24.7 Å². The smallest absolute Gasteiger partial charge is 0.154 e. The van der Waals surface area contributed by atoms with Crippen LogP contribution in [0.15, 0.2) is 24.0 Å². The minimum absolute atomic E-state index is 0.0899. The van der Waals surface area contributed by atoms with Gasteiger partial charge >= 0.3 is 0 Å². The van der Waals surface area contributed by atoms with Gasteiger partial charge in [0.1, 0.15) is 5.76 Å². The van der Waals surface area contributed by atoms with Crippen LogP contribution in [0.2, 0.25) is 0 Å². The first-order valence-corrected chi connectivity index (χ1v) is 3.69. The first-order valence-electron chi connectivity index (χ1n) is 3.69. The maximum Gasteiger partial charge on any atom is 0.154 e. The quantitative estimate of drug-likeness (QED) is 0.435. The normalized spacial score (nSPS) is 29.2. The monoisotopic (exact) mass is 172 g/mol. The summed E-state index contributed by atoms with van der Waals surface area (Å²) in [5.41, 5.74) is -1.24. The van der Waals surface area contributed by atoms with E-state index in [-0.39, 0.29) is 18.6 Å². The minimum Gasteiger partial charge on any atom is -0.508 e. The number of aliphatic hydroxyl groups is 4. The minimum atomic E-state index is -1.53. The lowest BCUT2D eigenvalue weighted by Crippen LogP contribution is -2.31. The lowest BCUT2D eigenvalue weighted by Gasteiger charge is -2.26. The van der Waals surface area contributed by atoms with Crippen LogP contribution in [0.25, 0.3) is 0 Å². The summed E-state index contributed by atoms with van der Waals surface area (Å²) in [5, 5.41) is 35.7. The van der Waals surface area contributed by atoms with Crippen molar-refractivity contribution < 1.29 is 20.4 Å². The SMILES string of the molecule is OC1=CCC(O)(CC(O)O)C=C1. The van der Waals surface area contributed by atoms with Gasteiger partial charge in [-0.2, -0.15) is 0 Å². The summed E-state index contributed by atoms with van der Waals surface area (Å²) in [6.45, 7) is 0. The second-order valence-corrected chi connectivity index (χ2v) is 2.95. The molecule has 0 radical (unpaired) electrons. The van der Waals surface area contributed by atoms with Crippen molar-refractivity contribution in [2.24, 2.45) is 0 Å². The van der Waals surface area contributed by atoms with Gasteiger partial charge in [-0.25, -0.2) is 0 Å². The third-order valence-electron chi connectivity index (χ3n) is 1.77. The van der Waals surface area contributed by atoms with E-state index in [1.54, 1.807) is 0 Å². The van der Waals surface area contributed by atoms with E-state index in [1.807, 2.05) is 0 Å². The van der Waals surface area contributed by atoms with E-state index in [1.165, 1.54) is 18.2 Å². The zero-order valence-electron chi connectivity index (χ0n) is 6.51. The molecule has 0 saturated heterocycles. The van der Waals surface area contributed by atoms with Gasteiger partial charge in [0.15, 0.2) is 6.29 Å². The number of aliphatic hydroxyl groups excluding tert-OH is 2. The molecular formula is C8H12O4. The van der Waals surface area contributed by atoms with Crippen molar-refractivity contribution in [3.63, 3.8) is 0 Å². The molecule has 0 aromatic heterocycles. The van der Waals surface area contributed by atoms with E-state index in [4.69, 9.17) is 15.3 Å². The molecule has 1 aliphatic rings. The fraction of sp³-hybridized carbons (Fsp3) is 0.500. The van der Waals surface area contributed by atoms with E-state index < -0.39 is 11.9 Å². The van der Waals surface area contributed by atoms with E-state index >= 15 is 0 Å². The molecule has 0 amide bonds. The van der Waals surface area contributed by atoms with Gasteiger partial charge in [0, 0.05) is 12.8 Å². The second-order valence-electron chi connectivity index (χ2n) is 2.95. The van der Waals surface area contributed by atoms with Crippen LogP contribution in [-0.4, -0.2) is 32.3 Å². The van der Waals surface area contributed by atoms with Crippen molar-refractivity contribution in [2.75, 3.05) is 0 Å². The molecule has 0 bridgehead atoms. The molecule has 0 aromatic carbocycles. The molecule has 1 unspecified atom stereocenters. The third kappa shape index (κ3) is 2.34. The van der Waals surface area contributed by atoms with Gasteiger partial charge in [0.25, 0.3) is 0 Å². The Balaban J connectivity index is 2.59. The van der Waals surface area contributed by atoms with E-state index in [9.17, 15) is 5.11 Å². The lowest BCUT2D eigenvalue weighted by atomic mass is 9.91. The predicted molar refractivity (Wildman–Crippen MR) is 42.3 cm³/mol. The Bertz CT molecular complexity index is 219. The zero-order valence-corrected chi connectivity index (χ0v) is 6.51. The fourth-order valence-corrected chi connectivity index (χ4v) is 1.13. The Hall–Kier alpha value is -0.840. The molecule has 0 heterocycles. The summed E-state index contributed by atoms with van der Waals surface area (Å²) in [6.07, 6.45) is 2.66. The first kappa shape index (κ1) is 9.25.